The number of aromatic nitrogens is 4. The minimum absolute atomic E-state index is 0.0409. The zero-order chi connectivity index (χ0) is 45.6. The van der Waals surface area contributed by atoms with Crippen LogP contribution in [0.4, 0.5) is 37.8 Å². The molecule has 1 aromatic carbocycles. The first-order valence-corrected chi connectivity index (χ1v) is 20.0. The largest absolute Gasteiger partial charge is 0.481 e. The van der Waals surface area contributed by atoms with E-state index in [1.165, 1.54) is 24.8 Å². The third kappa shape index (κ3) is 11.6. The van der Waals surface area contributed by atoms with Crippen LogP contribution in [-0.4, -0.2) is 67.1 Å². The van der Waals surface area contributed by atoms with Gasteiger partial charge >= 0.3 is 24.3 Å². The van der Waals surface area contributed by atoms with Crippen LogP contribution in [0.5, 0.6) is 0 Å². The monoisotopic (exact) mass is 871 g/mol. The average Bonchev–Trinajstić information content (AvgIpc) is 3.84. The summed E-state index contributed by atoms with van der Waals surface area (Å²) in [6.07, 6.45) is 1.16. The fourth-order valence-corrected chi connectivity index (χ4v) is 7.25. The van der Waals surface area contributed by atoms with Crippen LogP contribution in [0.2, 0.25) is 0 Å². The molecular weight excluding hydrogens is 823 g/mol. The zero-order valence-corrected chi connectivity index (χ0v) is 34.8. The SMILES string of the molecule is CC(C)C1=N[N+](C)(c2ccc(C(F)(F)F)cn2)C=C1C(=O)O.CC(C)c1nn(-c2ccc(C(F)(F)F)cn2)cc1C(Nc1ccc(C(=O)NCCC(=O)O)cc1)C1CCCCC1. The molecule has 0 bridgehead atoms. The molecule has 0 saturated heterocycles. The van der Waals surface area contributed by atoms with Crippen molar-refractivity contribution in [2.24, 2.45) is 16.9 Å². The van der Waals surface area contributed by atoms with Gasteiger partial charge in [0.05, 0.1) is 29.3 Å². The van der Waals surface area contributed by atoms with E-state index in [0.717, 1.165) is 67.2 Å². The number of halogens is 6. The van der Waals surface area contributed by atoms with Crippen molar-refractivity contribution in [1.82, 2.24) is 29.7 Å². The highest BCUT2D eigenvalue weighted by atomic mass is 19.4. The summed E-state index contributed by atoms with van der Waals surface area (Å²) in [5.74, 6) is -1.67. The van der Waals surface area contributed by atoms with Crippen molar-refractivity contribution in [3.63, 3.8) is 0 Å². The summed E-state index contributed by atoms with van der Waals surface area (Å²) in [6, 6.07) is 11.4. The third-order valence-electron chi connectivity index (χ3n) is 10.5. The summed E-state index contributed by atoms with van der Waals surface area (Å²) in [6.45, 7) is 7.71. The Hall–Kier alpha value is -6.11. The summed E-state index contributed by atoms with van der Waals surface area (Å²) in [5.41, 5.74) is 1.81. The van der Waals surface area contributed by atoms with Crippen molar-refractivity contribution in [3.05, 3.63) is 107 Å². The Morgan fingerprint density at radius 2 is 1.45 bits per heavy atom. The number of rotatable bonds is 13. The van der Waals surface area contributed by atoms with Crippen LogP contribution in [0.3, 0.4) is 0 Å². The number of quaternary nitrogens is 1. The lowest BCUT2D eigenvalue weighted by atomic mass is 9.80. The third-order valence-corrected chi connectivity index (χ3v) is 10.5. The Kier molecular flexibility index (Phi) is 14.6. The molecule has 332 valence electrons. The molecule has 4 aromatic rings. The number of nitrogens with one attached hydrogen (secondary N) is 2. The highest BCUT2D eigenvalue weighted by Crippen LogP contribution is 2.40. The predicted octanol–water partition coefficient (Wildman–Crippen LogP) is 9.38. The summed E-state index contributed by atoms with van der Waals surface area (Å²) in [4.78, 5) is 42.2. The normalized spacial score (nSPS) is 17.5. The molecule has 3 aromatic heterocycles. The molecule has 2 unspecified atom stereocenters. The number of carbonyl (C=O) groups is 3. The number of benzene rings is 1. The van der Waals surface area contributed by atoms with E-state index in [-0.39, 0.29) is 52.7 Å². The van der Waals surface area contributed by atoms with Gasteiger partial charge in [-0.05, 0) is 67.1 Å². The number of anilines is 1. The number of pyridine rings is 2. The summed E-state index contributed by atoms with van der Waals surface area (Å²) in [7, 11) is 1.56. The van der Waals surface area contributed by atoms with E-state index >= 15 is 0 Å². The maximum atomic E-state index is 13.1. The van der Waals surface area contributed by atoms with Crippen molar-refractivity contribution >= 4 is 35.1 Å². The molecule has 1 aliphatic heterocycles. The van der Waals surface area contributed by atoms with Crippen molar-refractivity contribution < 1.29 is 50.9 Å². The van der Waals surface area contributed by atoms with Crippen LogP contribution in [0.1, 0.15) is 111 Å². The van der Waals surface area contributed by atoms with E-state index in [0.29, 0.717) is 23.0 Å². The van der Waals surface area contributed by atoms with Crippen molar-refractivity contribution in [2.45, 2.75) is 90.5 Å². The molecule has 0 radical (unpaired) electrons. The van der Waals surface area contributed by atoms with Gasteiger partial charge in [0.15, 0.2) is 5.82 Å². The summed E-state index contributed by atoms with van der Waals surface area (Å²) >= 11 is 0. The molecule has 19 heteroatoms. The van der Waals surface area contributed by atoms with Crippen LogP contribution < -0.4 is 15.2 Å². The first kappa shape index (κ1) is 46.9. The van der Waals surface area contributed by atoms with Gasteiger partial charge in [-0.2, -0.15) is 31.4 Å². The van der Waals surface area contributed by atoms with Crippen LogP contribution in [0.15, 0.2) is 84.0 Å². The van der Waals surface area contributed by atoms with Crippen molar-refractivity contribution in [1.29, 1.82) is 0 Å². The van der Waals surface area contributed by atoms with Gasteiger partial charge in [0.2, 0.25) is 0 Å². The number of carboxylic acid groups (broad SMARTS) is 2. The number of hydrogen-bond acceptors (Lipinski definition) is 8. The van der Waals surface area contributed by atoms with Gasteiger partial charge < -0.3 is 20.8 Å². The quantitative estimate of drug-likeness (QED) is 0.0755. The van der Waals surface area contributed by atoms with E-state index in [4.69, 9.17) is 10.2 Å². The van der Waals surface area contributed by atoms with Crippen LogP contribution >= 0.6 is 0 Å². The molecule has 13 nitrogen and oxygen atoms in total. The lowest BCUT2D eigenvalue weighted by Gasteiger charge is -2.32. The molecule has 4 N–H and O–H groups in total. The molecule has 6 rings (SSSR count). The molecule has 0 spiro atoms. The molecule has 1 aliphatic carbocycles. The molecule has 4 heterocycles. The standard InChI is InChI=1S/C29H34F3N5O3.C14H14F3N3O2/c1-18(2)26-23(17-37(36-26)24-13-10-21(16-34-24)29(30,31)32)27(19-6-4-3-5-7-19)35-22-11-8-20(9-12-22)28(40)33-15-14-25(38)39;1-8(2)12-10(13(21)22)7-20(3,19-12)11-5-4-9(6-18-11)14(15,16)17/h8-13,16-19,27,35H,3-7,14-15H2,1-2H3,(H,33,40)(H,38,39);4-8H,1-3H3/p+1. The molecule has 2 atom stereocenters. The van der Waals surface area contributed by atoms with E-state index in [1.54, 1.807) is 37.7 Å². The molecule has 1 fully saturated rings. The fourth-order valence-electron chi connectivity index (χ4n) is 7.25. The number of carboxylic acids is 2. The smallest absolute Gasteiger partial charge is 0.417 e. The molecule has 62 heavy (non-hydrogen) atoms. The fraction of sp³-hybridized carbons (Fsp3) is 0.419. The number of nitrogens with zero attached hydrogens (tertiary/aromatic N) is 6. The maximum Gasteiger partial charge on any atom is 0.417 e. The second-order valence-corrected chi connectivity index (χ2v) is 15.9. The topological polar surface area (TPSA) is 172 Å². The van der Waals surface area contributed by atoms with Crippen LogP contribution in [0.25, 0.3) is 5.82 Å². The van der Waals surface area contributed by atoms with E-state index in [9.17, 15) is 45.8 Å². The van der Waals surface area contributed by atoms with Gasteiger partial charge in [-0.3, -0.25) is 9.59 Å². The van der Waals surface area contributed by atoms with E-state index < -0.39 is 35.4 Å². The van der Waals surface area contributed by atoms with Gasteiger partial charge in [-0.25, -0.2) is 19.4 Å². The first-order valence-electron chi connectivity index (χ1n) is 20.0. The molecule has 1 amide bonds. The molecule has 2 aliphatic rings. The van der Waals surface area contributed by atoms with Crippen LogP contribution in [-0.2, 0) is 21.9 Å². The zero-order valence-electron chi connectivity index (χ0n) is 34.8. The summed E-state index contributed by atoms with van der Waals surface area (Å²) in [5, 5.41) is 33.3. The van der Waals surface area contributed by atoms with Gasteiger partial charge in [0, 0.05) is 53.9 Å². The average molecular weight is 872 g/mol. The van der Waals surface area contributed by atoms with Gasteiger partial charge in [0.1, 0.15) is 24.5 Å². The Bertz CT molecular complexity index is 2270. The van der Waals surface area contributed by atoms with Gasteiger partial charge in [-0.15, -0.1) is 4.59 Å². The molecule has 1 saturated carbocycles. The van der Waals surface area contributed by atoms with Crippen molar-refractivity contribution in [2.75, 3.05) is 18.9 Å². The number of hydrogen-bond donors (Lipinski definition) is 4. The van der Waals surface area contributed by atoms with Crippen molar-refractivity contribution in [3.8, 4) is 5.82 Å². The predicted molar refractivity (Wildman–Crippen MR) is 219 cm³/mol. The second kappa shape index (κ2) is 19.3. The summed E-state index contributed by atoms with van der Waals surface area (Å²) < 4.78 is 78.1. The number of carbonyl (C=O) groups excluding carboxylic acids is 1. The number of amides is 1. The van der Waals surface area contributed by atoms with E-state index in [2.05, 4.69) is 25.7 Å². The minimum Gasteiger partial charge on any atom is -0.481 e. The Balaban J connectivity index is 0.000000278. The minimum atomic E-state index is -4.47. The highest BCUT2D eigenvalue weighted by Gasteiger charge is 2.40. The highest BCUT2D eigenvalue weighted by molar-refractivity contribution is 6.21. The first-order chi connectivity index (χ1) is 29.1. The Labute approximate surface area is 354 Å². The Morgan fingerprint density at radius 3 is 1.94 bits per heavy atom. The molecular formula is C43H49F6N8O5+. The lowest BCUT2D eigenvalue weighted by Crippen LogP contribution is -2.32. The van der Waals surface area contributed by atoms with E-state index in [1.807, 2.05) is 32.2 Å². The Morgan fingerprint density at radius 1 is 0.839 bits per heavy atom. The van der Waals surface area contributed by atoms with Crippen LogP contribution in [0, 0.1) is 11.8 Å². The number of aliphatic carboxylic acids is 2. The van der Waals surface area contributed by atoms with Gasteiger partial charge in [0.25, 0.3) is 11.7 Å². The maximum absolute atomic E-state index is 13.1. The number of alkyl halides is 6. The second-order valence-electron chi connectivity index (χ2n) is 15.9. The van der Waals surface area contributed by atoms with Gasteiger partial charge in [-0.1, -0.05) is 52.1 Å². The lowest BCUT2D eigenvalue weighted by molar-refractivity contribution is -0.138.